The van der Waals surface area contributed by atoms with Crippen LogP contribution in [0.25, 0.3) is 0 Å². The first kappa shape index (κ1) is 18.0. The predicted octanol–water partition coefficient (Wildman–Crippen LogP) is 1.97. The van der Waals surface area contributed by atoms with Crippen molar-refractivity contribution in [2.45, 2.75) is 45.7 Å². The summed E-state index contributed by atoms with van der Waals surface area (Å²) < 4.78 is 0. The molecule has 6 heteroatoms. The predicted molar refractivity (Wildman–Crippen MR) is 89.2 cm³/mol. The number of nitrogens with zero attached hydrogens (tertiary/aromatic N) is 1. The van der Waals surface area contributed by atoms with E-state index in [9.17, 15) is 19.5 Å². The fourth-order valence-electron chi connectivity index (χ4n) is 2.73. The molecule has 1 fully saturated rings. The Morgan fingerprint density at radius 1 is 1.21 bits per heavy atom. The summed E-state index contributed by atoms with van der Waals surface area (Å²) in [6, 6.07) is 7.23. The molecular weight excluding hydrogens is 308 g/mol. The maximum atomic E-state index is 13.0. The second kappa shape index (κ2) is 7.03. The molecular formula is C18H24N2O4. The molecule has 0 spiro atoms. The van der Waals surface area contributed by atoms with Crippen molar-refractivity contribution in [3.05, 3.63) is 35.9 Å². The molecule has 1 aliphatic rings. The fraction of sp³-hybridized carbons (Fsp3) is 0.500. The Hall–Kier alpha value is -2.37. The first-order valence-electron chi connectivity index (χ1n) is 8.11. The number of amides is 2. The monoisotopic (exact) mass is 332 g/mol. The maximum absolute atomic E-state index is 13.0. The normalized spacial score (nSPS) is 19.0. The summed E-state index contributed by atoms with van der Waals surface area (Å²) in [6.45, 7) is 5.70. The summed E-state index contributed by atoms with van der Waals surface area (Å²) in [7, 11) is 0. The number of likely N-dealkylation sites (tertiary alicyclic amines) is 1. The van der Waals surface area contributed by atoms with Crippen LogP contribution in [-0.2, 0) is 14.4 Å². The van der Waals surface area contributed by atoms with Gasteiger partial charge in [0.1, 0.15) is 12.1 Å². The van der Waals surface area contributed by atoms with Crippen molar-refractivity contribution < 1.29 is 19.5 Å². The van der Waals surface area contributed by atoms with E-state index < -0.39 is 23.5 Å². The topological polar surface area (TPSA) is 86.7 Å². The lowest BCUT2D eigenvalue weighted by Crippen LogP contribution is -2.49. The van der Waals surface area contributed by atoms with Crippen LogP contribution in [-0.4, -0.2) is 40.4 Å². The van der Waals surface area contributed by atoms with Crippen molar-refractivity contribution in [1.29, 1.82) is 0 Å². The quantitative estimate of drug-likeness (QED) is 0.882. The molecule has 1 aliphatic heterocycles. The fourth-order valence-corrected chi connectivity index (χ4v) is 2.73. The highest BCUT2D eigenvalue weighted by Gasteiger charge is 2.39. The summed E-state index contributed by atoms with van der Waals surface area (Å²) in [5, 5.41) is 12.1. The number of carboxylic acids is 1. The Bertz CT molecular complexity index is 622. The van der Waals surface area contributed by atoms with Gasteiger partial charge in [-0.3, -0.25) is 9.59 Å². The molecule has 0 aromatic heterocycles. The number of hydrogen-bond acceptors (Lipinski definition) is 3. The van der Waals surface area contributed by atoms with Gasteiger partial charge in [0.2, 0.25) is 5.91 Å². The van der Waals surface area contributed by atoms with Crippen molar-refractivity contribution in [1.82, 2.24) is 10.2 Å². The van der Waals surface area contributed by atoms with Crippen LogP contribution < -0.4 is 5.32 Å². The smallest absolute Gasteiger partial charge is 0.326 e. The van der Waals surface area contributed by atoms with E-state index in [1.165, 1.54) is 4.90 Å². The van der Waals surface area contributed by atoms with Gasteiger partial charge >= 0.3 is 5.97 Å². The van der Waals surface area contributed by atoms with E-state index in [0.29, 0.717) is 24.9 Å². The van der Waals surface area contributed by atoms with Gasteiger partial charge in [-0.2, -0.15) is 0 Å². The van der Waals surface area contributed by atoms with Crippen LogP contribution in [0.5, 0.6) is 0 Å². The Labute approximate surface area is 141 Å². The Balaban J connectivity index is 2.30. The summed E-state index contributed by atoms with van der Waals surface area (Å²) in [5.74, 6) is -1.63. The van der Waals surface area contributed by atoms with Gasteiger partial charge < -0.3 is 15.3 Å². The molecule has 0 saturated carbocycles. The molecule has 1 aromatic rings. The Kier molecular flexibility index (Phi) is 5.26. The molecule has 6 nitrogen and oxygen atoms in total. The maximum Gasteiger partial charge on any atom is 0.326 e. The van der Waals surface area contributed by atoms with Gasteiger partial charge in [-0.15, -0.1) is 0 Å². The molecule has 2 amide bonds. The van der Waals surface area contributed by atoms with Crippen molar-refractivity contribution >= 4 is 17.8 Å². The molecule has 1 aromatic carbocycles. The second-order valence-corrected chi connectivity index (χ2v) is 7.10. The van der Waals surface area contributed by atoms with Crippen LogP contribution in [0.1, 0.15) is 45.2 Å². The van der Waals surface area contributed by atoms with E-state index in [0.717, 1.165) is 0 Å². The molecule has 130 valence electrons. The number of benzene rings is 1. The molecule has 0 aliphatic carbocycles. The SMILES string of the molecule is CC(C)(C)C(=O)NC(C(=O)N1CCCC1C(=O)O)c1ccccc1. The second-order valence-electron chi connectivity index (χ2n) is 7.10. The van der Waals surface area contributed by atoms with Gasteiger partial charge in [0.15, 0.2) is 0 Å². The summed E-state index contributed by atoms with van der Waals surface area (Å²) in [4.78, 5) is 38.1. The summed E-state index contributed by atoms with van der Waals surface area (Å²) in [6.07, 6.45) is 1.09. The van der Waals surface area contributed by atoms with E-state index in [1.54, 1.807) is 45.0 Å². The number of carbonyl (C=O) groups is 3. The zero-order valence-corrected chi connectivity index (χ0v) is 14.3. The lowest BCUT2D eigenvalue weighted by Gasteiger charge is -2.29. The molecule has 2 N–H and O–H groups in total. The van der Waals surface area contributed by atoms with E-state index in [4.69, 9.17) is 0 Å². The highest BCUT2D eigenvalue weighted by molar-refractivity contribution is 5.92. The molecule has 0 radical (unpaired) electrons. The Morgan fingerprint density at radius 2 is 1.83 bits per heavy atom. The first-order chi connectivity index (χ1) is 11.2. The number of rotatable bonds is 4. The third-order valence-electron chi connectivity index (χ3n) is 4.16. The minimum Gasteiger partial charge on any atom is -0.480 e. The number of nitrogens with one attached hydrogen (secondary N) is 1. The molecule has 0 bridgehead atoms. The van der Waals surface area contributed by atoms with Gasteiger partial charge in [-0.1, -0.05) is 51.1 Å². The van der Waals surface area contributed by atoms with E-state index in [2.05, 4.69) is 5.32 Å². The molecule has 24 heavy (non-hydrogen) atoms. The minimum atomic E-state index is -1.00. The van der Waals surface area contributed by atoms with Gasteiger partial charge in [0, 0.05) is 12.0 Å². The zero-order chi connectivity index (χ0) is 17.9. The standard InChI is InChI=1S/C18H24N2O4/c1-18(2,3)17(24)19-14(12-8-5-4-6-9-12)15(21)20-11-7-10-13(20)16(22)23/h4-6,8-9,13-14H,7,10-11H2,1-3H3,(H,19,24)(H,22,23). The molecule has 2 rings (SSSR count). The molecule has 2 atom stereocenters. The van der Waals surface area contributed by atoms with Crippen molar-refractivity contribution in [2.24, 2.45) is 5.41 Å². The van der Waals surface area contributed by atoms with Gasteiger partial charge in [0.25, 0.3) is 5.91 Å². The largest absolute Gasteiger partial charge is 0.480 e. The van der Waals surface area contributed by atoms with E-state index >= 15 is 0 Å². The summed E-state index contributed by atoms with van der Waals surface area (Å²) in [5.41, 5.74) is 0.000908. The van der Waals surface area contributed by atoms with Crippen LogP contribution in [0.3, 0.4) is 0 Å². The number of carboxylic acid groups (broad SMARTS) is 1. The Morgan fingerprint density at radius 3 is 2.38 bits per heavy atom. The van der Waals surface area contributed by atoms with Crippen LogP contribution >= 0.6 is 0 Å². The molecule has 1 heterocycles. The van der Waals surface area contributed by atoms with Crippen LogP contribution in [0.15, 0.2) is 30.3 Å². The van der Waals surface area contributed by atoms with Gasteiger partial charge in [0.05, 0.1) is 0 Å². The highest BCUT2D eigenvalue weighted by atomic mass is 16.4. The average molecular weight is 332 g/mol. The first-order valence-corrected chi connectivity index (χ1v) is 8.11. The molecule has 2 unspecified atom stereocenters. The van der Waals surface area contributed by atoms with Crippen molar-refractivity contribution in [2.75, 3.05) is 6.54 Å². The highest BCUT2D eigenvalue weighted by Crippen LogP contribution is 2.25. The zero-order valence-electron chi connectivity index (χ0n) is 14.3. The number of hydrogen-bond donors (Lipinski definition) is 2. The van der Waals surface area contributed by atoms with Gasteiger partial charge in [-0.05, 0) is 18.4 Å². The summed E-state index contributed by atoms with van der Waals surface area (Å²) >= 11 is 0. The lowest BCUT2D eigenvalue weighted by molar-refractivity contribution is -0.149. The molecule has 1 saturated heterocycles. The van der Waals surface area contributed by atoms with Crippen LogP contribution in [0, 0.1) is 5.41 Å². The van der Waals surface area contributed by atoms with Gasteiger partial charge in [-0.25, -0.2) is 4.79 Å². The number of aliphatic carboxylic acids is 1. The van der Waals surface area contributed by atoms with Crippen LogP contribution in [0.2, 0.25) is 0 Å². The van der Waals surface area contributed by atoms with E-state index in [-0.39, 0.29) is 11.8 Å². The third-order valence-corrected chi connectivity index (χ3v) is 4.16. The number of carbonyl (C=O) groups excluding carboxylic acids is 2. The van der Waals surface area contributed by atoms with Crippen molar-refractivity contribution in [3.8, 4) is 0 Å². The average Bonchev–Trinajstić information content (AvgIpc) is 3.01. The lowest BCUT2D eigenvalue weighted by atomic mass is 9.94. The van der Waals surface area contributed by atoms with E-state index in [1.807, 2.05) is 6.07 Å². The van der Waals surface area contributed by atoms with Crippen LogP contribution in [0.4, 0.5) is 0 Å². The minimum absolute atomic E-state index is 0.254. The third kappa shape index (κ3) is 3.93. The van der Waals surface area contributed by atoms with Crippen molar-refractivity contribution in [3.63, 3.8) is 0 Å².